The maximum atomic E-state index is 14.2. The SMILES string of the molecule is COc1ccc(-c2c(C#N)c(C(F)(F)F)nn2-c2ccc(S(N)(=O)=O)cc2)cc1F. The minimum absolute atomic E-state index is 0.000580. The molecule has 3 rings (SSSR count). The molecule has 2 aromatic carbocycles. The van der Waals surface area contributed by atoms with E-state index in [1.54, 1.807) is 0 Å². The molecule has 156 valence electrons. The van der Waals surface area contributed by atoms with Gasteiger partial charge in [0, 0.05) is 5.56 Å². The molecular formula is C18H12F4N4O3S. The molecule has 7 nitrogen and oxygen atoms in total. The Labute approximate surface area is 168 Å². The number of nitrogens with zero attached hydrogens (tertiary/aromatic N) is 3. The molecule has 0 unspecified atom stereocenters. The zero-order valence-electron chi connectivity index (χ0n) is 15.1. The highest BCUT2D eigenvalue weighted by Gasteiger charge is 2.40. The molecule has 3 aromatic rings. The van der Waals surface area contributed by atoms with Crippen molar-refractivity contribution in [1.29, 1.82) is 5.26 Å². The van der Waals surface area contributed by atoms with Gasteiger partial charge in [0.2, 0.25) is 10.0 Å². The first-order chi connectivity index (χ1) is 14.0. The van der Waals surface area contributed by atoms with Crippen molar-refractivity contribution >= 4 is 10.0 Å². The summed E-state index contributed by atoms with van der Waals surface area (Å²) < 4.78 is 83.0. The molecule has 0 atom stereocenters. The van der Waals surface area contributed by atoms with Crippen molar-refractivity contribution in [3.8, 4) is 28.8 Å². The molecule has 0 bridgehead atoms. The molecule has 0 fully saturated rings. The molecule has 0 saturated carbocycles. The van der Waals surface area contributed by atoms with E-state index in [4.69, 9.17) is 9.88 Å². The van der Waals surface area contributed by atoms with Crippen molar-refractivity contribution in [1.82, 2.24) is 9.78 Å². The van der Waals surface area contributed by atoms with Gasteiger partial charge < -0.3 is 4.74 Å². The Kier molecular flexibility index (Phi) is 5.27. The number of nitrogens with two attached hydrogens (primary N) is 1. The fourth-order valence-corrected chi connectivity index (χ4v) is 3.28. The third kappa shape index (κ3) is 3.85. The Hall–Kier alpha value is -3.43. The maximum Gasteiger partial charge on any atom is 0.436 e. The smallest absolute Gasteiger partial charge is 0.436 e. The summed E-state index contributed by atoms with van der Waals surface area (Å²) in [5.74, 6) is -0.998. The van der Waals surface area contributed by atoms with Gasteiger partial charge in [-0.3, -0.25) is 0 Å². The lowest BCUT2D eigenvalue weighted by Crippen LogP contribution is -2.12. The van der Waals surface area contributed by atoms with Crippen molar-refractivity contribution in [2.75, 3.05) is 7.11 Å². The Balaban J connectivity index is 2.31. The molecule has 0 spiro atoms. The van der Waals surface area contributed by atoms with Gasteiger partial charge in [-0.05, 0) is 42.5 Å². The number of sulfonamides is 1. The fourth-order valence-electron chi connectivity index (χ4n) is 2.77. The number of rotatable bonds is 4. The second-order valence-electron chi connectivity index (χ2n) is 5.98. The number of alkyl halides is 3. The largest absolute Gasteiger partial charge is 0.494 e. The van der Waals surface area contributed by atoms with E-state index >= 15 is 0 Å². The van der Waals surface area contributed by atoms with E-state index in [-0.39, 0.29) is 27.6 Å². The van der Waals surface area contributed by atoms with Crippen molar-refractivity contribution in [3.63, 3.8) is 0 Å². The maximum absolute atomic E-state index is 14.2. The van der Waals surface area contributed by atoms with Gasteiger partial charge in [-0.2, -0.15) is 23.5 Å². The number of nitriles is 1. The summed E-state index contributed by atoms with van der Waals surface area (Å²) in [5, 5.41) is 17.9. The number of primary sulfonamides is 1. The van der Waals surface area contributed by atoms with Gasteiger partial charge in [0.25, 0.3) is 0 Å². The highest BCUT2D eigenvalue weighted by molar-refractivity contribution is 7.89. The summed E-state index contributed by atoms with van der Waals surface area (Å²) in [4.78, 5) is -0.271. The van der Waals surface area contributed by atoms with Crippen LogP contribution < -0.4 is 9.88 Å². The zero-order valence-corrected chi connectivity index (χ0v) is 15.9. The number of ether oxygens (including phenoxy) is 1. The van der Waals surface area contributed by atoms with Crippen molar-refractivity contribution in [3.05, 3.63) is 59.5 Å². The number of hydrogen-bond acceptors (Lipinski definition) is 5. The lowest BCUT2D eigenvalue weighted by atomic mass is 10.1. The monoisotopic (exact) mass is 440 g/mol. The summed E-state index contributed by atoms with van der Waals surface area (Å²) in [7, 11) is -2.81. The highest BCUT2D eigenvalue weighted by atomic mass is 32.2. The molecule has 1 heterocycles. The number of aromatic nitrogens is 2. The van der Waals surface area contributed by atoms with Crippen LogP contribution in [0.2, 0.25) is 0 Å². The van der Waals surface area contributed by atoms with Crippen molar-refractivity contribution in [2.45, 2.75) is 11.1 Å². The Morgan fingerprint density at radius 2 is 1.80 bits per heavy atom. The minimum Gasteiger partial charge on any atom is -0.494 e. The van der Waals surface area contributed by atoms with Crippen molar-refractivity contribution in [2.24, 2.45) is 5.14 Å². The van der Waals surface area contributed by atoms with E-state index in [0.717, 1.165) is 35.0 Å². The summed E-state index contributed by atoms with van der Waals surface area (Å²) >= 11 is 0. The van der Waals surface area contributed by atoms with Crippen LogP contribution in [0.5, 0.6) is 5.75 Å². The molecule has 0 amide bonds. The Morgan fingerprint density at radius 3 is 2.27 bits per heavy atom. The van der Waals surface area contributed by atoms with E-state index < -0.39 is 33.3 Å². The summed E-state index contributed by atoms with van der Waals surface area (Å²) in [6.07, 6.45) is -4.96. The standard InChI is InChI=1S/C18H12F4N4O3S/c1-29-15-7-2-10(8-14(15)19)16-13(9-23)17(18(20,21)22)25-26(16)11-3-5-12(6-4-11)30(24,27)28/h2-8H,1H3,(H2,24,27,28). The van der Waals surface area contributed by atoms with Crippen LogP contribution in [0.1, 0.15) is 11.3 Å². The van der Waals surface area contributed by atoms with Crippen LogP contribution in [0.4, 0.5) is 17.6 Å². The zero-order chi connectivity index (χ0) is 22.3. The Morgan fingerprint density at radius 1 is 1.17 bits per heavy atom. The molecule has 0 saturated heterocycles. The molecule has 0 radical (unpaired) electrons. The quantitative estimate of drug-likeness (QED) is 0.627. The van der Waals surface area contributed by atoms with Gasteiger partial charge in [0.15, 0.2) is 17.3 Å². The van der Waals surface area contributed by atoms with Crippen LogP contribution in [0.15, 0.2) is 47.4 Å². The molecular weight excluding hydrogens is 428 g/mol. The average Bonchev–Trinajstić information content (AvgIpc) is 3.07. The number of benzene rings is 2. The lowest BCUT2D eigenvalue weighted by molar-refractivity contribution is -0.141. The molecule has 2 N–H and O–H groups in total. The predicted octanol–water partition coefficient (Wildman–Crippen LogP) is 3.22. The number of halogens is 4. The second kappa shape index (κ2) is 7.43. The number of methoxy groups -OCH3 is 1. The Bertz CT molecular complexity index is 1260. The molecule has 0 aliphatic heterocycles. The van der Waals surface area contributed by atoms with Crippen LogP contribution >= 0.6 is 0 Å². The van der Waals surface area contributed by atoms with Gasteiger partial charge >= 0.3 is 6.18 Å². The second-order valence-corrected chi connectivity index (χ2v) is 7.54. The normalized spacial score (nSPS) is 11.9. The van der Waals surface area contributed by atoms with E-state index in [2.05, 4.69) is 5.10 Å². The van der Waals surface area contributed by atoms with Gasteiger partial charge in [-0.15, -0.1) is 0 Å². The average molecular weight is 440 g/mol. The van der Waals surface area contributed by atoms with Crippen LogP contribution in [0.3, 0.4) is 0 Å². The van der Waals surface area contributed by atoms with Crippen LogP contribution in [-0.2, 0) is 16.2 Å². The molecule has 12 heteroatoms. The first-order valence-electron chi connectivity index (χ1n) is 8.05. The third-order valence-corrected chi connectivity index (χ3v) is 5.03. The highest BCUT2D eigenvalue weighted by Crippen LogP contribution is 2.38. The van der Waals surface area contributed by atoms with E-state index in [9.17, 15) is 31.2 Å². The first-order valence-corrected chi connectivity index (χ1v) is 9.59. The molecule has 0 aliphatic rings. The van der Waals surface area contributed by atoms with Gasteiger partial charge in [-0.1, -0.05) is 0 Å². The summed E-state index contributed by atoms with van der Waals surface area (Å²) in [6.45, 7) is 0. The topological polar surface area (TPSA) is 111 Å². The summed E-state index contributed by atoms with van der Waals surface area (Å²) in [5.41, 5.74) is -2.67. The lowest BCUT2D eigenvalue weighted by Gasteiger charge is -2.10. The third-order valence-electron chi connectivity index (χ3n) is 4.10. The van der Waals surface area contributed by atoms with E-state index in [1.165, 1.54) is 25.3 Å². The fraction of sp³-hybridized carbons (Fsp3) is 0.111. The van der Waals surface area contributed by atoms with Crippen molar-refractivity contribution < 1.29 is 30.7 Å². The minimum atomic E-state index is -4.96. The first kappa shape index (κ1) is 21.3. The molecule has 0 aliphatic carbocycles. The summed E-state index contributed by atoms with van der Waals surface area (Å²) in [6, 6.07) is 9.32. The number of hydrogen-bond donors (Lipinski definition) is 1. The molecule has 30 heavy (non-hydrogen) atoms. The van der Waals surface area contributed by atoms with Crippen LogP contribution in [0, 0.1) is 17.1 Å². The van der Waals surface area contributed by atoms with Crippen LogP contribution in [0.25, 0.3) is 16.9 Å². The van der Waals surface area contributed by atoms with Crippen LogP contribution in [-0.4, -0.2) is 25.3 Å². The van der Waals surface area contributed by atoms with Gasteiger partial charge in [0.1, 0.15) is 11.6 Å². The van der Waals surface area contributed by atoms with E-state index in [1.807, 2.05) is 0 Å². The van der Waals surface area contributed by atoms with Gasteiger partial charge in [-0.25, -0.2) is 22.6 Å². The molecule has 1 aromatic heterocycles. The predicted molar refractivity (Wildman–Crippen MR) is 96.6 cm³/mol. The van der Waals surface area contributed by atoms with E-state index in [0.29, 0.717) is 0 Å². The van der Waals surface area contributed by atoms with Gasteiger partial charge in [0.05, 0.1) is 23.4 Å².